The predicted molar refractivity (Wildman–Crippen MR) is 55.4 cm³/mol. The SMILES string of the molecule is CCCCC[C@@H](N)c1cccs1. The molecule has 0 bridgehead atoms. The highest BCUT2D eigenvalue weighted by Gasteiger charge is 2.05. The first-order chi connectivity index (χ1) is 5.84. The molecule has 0 saturated carbocycles. The van der Waals surface area contributed by atoms with Crippen LogP contribution >= 0.6 is 11.3 Å². The molecule has 0 unspecified atom stereocenters. The van der Waals surface area contributed by atoms with Gasteiger partial charge < -0.3 is 5.73 Å². The van der Waals surface area contributed by atoms with Crippen molar-refractivity contribution in [3.8, 4) is 0 Å². The summed E-state index contributed by atoms with van der Waals surface area (Å²) >= 11 is 1.76. The third-order valence-corrected chi connectivity index (χ3v) is 3.03. The molecule has 0 fully saturated rings. The monoisotopic (exact) mass is 183 g/mol. The number of nitrogens with two attached hydrogens (primary N) is 1. The standard InChI is InChI=1S/C10H17NS/c1-2-3-4-6-9(11)10-7-5-8-12-10/h5,7-9H,2-4,6,11H2,1H3/t9-/m1/s1. The number of thiophene rings is 1. The molecule has 2 heteroatoms. The van der Waals surface area contributed by atoms with Gasteiger partial charge >= 0.3 is 0 Å². The highest BCUT2D eigenvalue weighted by Crippen LogP contribution is 2.21. The molecule has 0 spiro atoms. The minimum Gasteiger partial charge on any atom is -0.323 e. The van der Waals surface area contributed by atoms with Crippen LogP contribution in [0.5, 0.6) is 0 Å². The molecule has 1 aromatic heterocycles. The van der Waals surface area contributed by atoms with E-state index < -0.39 is 0 Å². The lowest BCUT2D eigenvalue weighted by molar-refractivity contribution is 0.587. The van der Waals surface area contributed by atoms with Crippen LogP contribution in [0.15, 0.2) is 17.5 Å². The van der Waals surface area contributed by atoms with Gasteiger partial charge in [-0.1, -0.05) is 32.3 Å². The Bertz CT molecular complexity index is 194. The molecule has 1 nitrogen and oxygen atoms in total. The summed E-state index contributed by atoms with van der Waals surface area (Å²) in [6.07, 6.45) is 4.97. The largest absolute Gasteiger partial charge is 0.323 e. The second-order valence-electron chi connectivity index (χ2n) is 3.12. The maximum atomic E-state index is 5.99. The van der Waals surface area contributed by atoms with Crippen molar-refractivity contribution in [1.29, 1.82) is 0 Å². The Balaban J connectivity index is 2.25. The van der Waals surface area contributed by atoms with Gasteiger partial charge in [0.1, 0.15) is 0 Å². The lowest BCUT2D eigenvalue weighted by Gasteiger charge is -2.07. The summed E-state index contributed by atoms with van der Waals surface area (Å²) in [6.45, 7) is 2.22. The number of unbranched alkanes of at least 4 members (excludes halogenated alkanes) is 2. The fraction of sp³-hybridized carbons (Fsp3) is 0.600. The second-order valence-corrected chi connectivity index (χ2v) is 4.10. The molecule has 0 saturated heterocycles. The third-order valence-electron chi connectivity index (χ3n) is 2.03. The van der Waals surface area contributed by atoms with Crippen LogP contribution in [-0.4, -0.2) is 0 Å². The van der Waals surface area contributed by atoms with Crippen LogP contribution in [0, 0.1) is 0 Å². The second kappa shape index (κ2) is 5.33. The van der Waals surface area contributed by atoms with Crippen LogP contribution in [0.4, 0.5) is 0 Å². The van der Waals surface area contributed by atoms with Gasteiger partial charge in [0, 0.05) is 10.9 Å². The molecule has 0 aliphatic heterocycles. The Morgan fingerprint density at radius 1 is 1.50 bits per heavy atom. The Hall–Kier alpha value is -0.340. The van der Waals surface area contributed by atoms with Gasteiger partial charge in [0.2, 0.25) is 0 Å². The van der Waals surface area contributed by atoms with Crippen LogP contribution in [-0.2, 0) is 0 Å². The van der Waals surface area contributed by atoms with E-state index in [-0.39, 0.29) is 6.04 Å². The Labute approximate surface area is 78.6 Å². The van der Waals surface area contributed by atoms with Gasteiger partial charge in [0.05, 0.1) is 0 Å². The summed E-state index contributed by atoms with van der Waals surface area (Å²) in [6, 6.07) is 4.47. The molecule has 12 heavy (non-hydrogen) atoms. The zero-order valence-corrected chi connectivity index (χ0v) is 8.44. The minimum atomic E-state index is 0.275. The van der Waals surface area contributed by atoms with Crippen molar-refractivity contribution in [2.24, 2.45) is 5.73 Å². The molecule has 1 rings (SSSR count). The molecule has 0 aliphatic carbocycles. The molecule has 0 amide bonds. The number of hydrogen-bond donors (Lipinski definition) is 1. The summed E-state index contributed by atoms with van der Waals surface area (Å²) in [7, 11) is 0. The zero-order chi connectivity index (χ0) is 8.81. The normalized spacial score (nSPS) is 13.2. The molecule has 0 aromatic carbocycles. The van der Waals surface area contributed by atoms with Crippen LogP contribution in [0.2, 0.25) is 0 Å². The molecular weight excluding hydrogens is 166 g/mol. The molecule has 68 valence electrons. The van der Waals surface area contributed by atoms with Crippen LogP contribution in [0.1, 0.15) is 43.5 Å². The maximum Gasteiger partial charge on any atom is 0.0389 e. The highest BCUT2D eigenvalue weighted by atomic mass is 32.1. The third kappa shape index (κ3) is 2.95. The van der Waals surface area contributed by atoms with E-state index in [0.717, 1.165) is 6.42 Å². The van der Waals surface area contributed by atoms with E-state index in [9.17, 15) is 0 Å². The topological polar surface area (TPSA) is 26.0 Å². The van der Waals surface area contributed by atoms with Crippen molar-refractivity contribution >= 4 is 11.3 Å². The summed E-state index contributed by atoms with van der Waals surface area (Å²) < 4.78 is 0. The fourth-order valence-corrected chi connectivity index (χ4v) is 2.02. The Morgan fingerprint density at radius 2 is 2.33 bits per heavy atom. The molecule has 2 N–H and O–H groups in total. The van der Waals surface area contributed by atoms with Crippen LogP contribution in [0.25, 0.3) is 0 Å². The van der Waals surface area contributed by atoms with Crippen molar-refractivity contribution < 1.29 is 0 Å². The zero-order valence-electron chi connectivity index (χ0n) is 7.62. The first-order valence-electron chi connectivity index (χ1n) is 4.63. The van der Waals surface area contributed by atoms with Gasteiger partial charge in [-0.2, -0.15) is 0 Å². The van der Waals surface area contributed by atoms with Crippen molar-refractivity contribution in [3.05, 3.63) is 22.4 Å². The molecule has 1 heterocycles. The predicted octanol–water partition coefficient (Wildman–Crippen LogP) is 3.33. The average molecular weight is 183 g/mol. The Kier molecular flexibility index (Phi) is 4.33. The van der Waals surface area contributed by atoms with Gasteiger partial charge in [0.25, 0.3) is 0 Å². The van der Waals surface area contributed by atoms with E-state index in [0.29, 0.717) is 0 Å². The van der Waals surface area contributed by atoms with Gasteiger partial charge in [-0.05, 0) is 17.9 Å². The smallest absolute Gasteiger partial charge is 0.0389 e. The summed E-state index contributed by atoms with van der Waals surface area (Å²) in [5, 5.41) is 2.09. The molecule has 1 aromatic rings. The molecule has 0 radical (unpaired) electrons. The maximum absolute atomic E-state index is 5.99. The van der Waals surface area contributed by atoms with Crippen molar-refractivity contribution in [1.82, 2.24) is 0 Å². The highest BCUT2D eigenvalue weighted by molar-refractivity contribution is 7.10. The first kappa shape index (κ1) is 9.75. The van der Waals surface area contributed by atoms with E-state index >= 15 is 0 Å². The van der Waals surface area contributed by atoms with Gasteiger partial charge in [-0.15, -0.1) is 11.3 Å². The van der Waals surface area contributed by atoms with Crippen molar-refractivity contribution in [2.75, 3.05) is 0 Å². The average Bonchev–Trinajstić information content (AvgIpc) is 2.56. The lowest BCUT2D eigenvalue weighted by Crippen LogP contribution is -2.07. The van der Waals surface area contributed by atoms with Gasteiger partial charge in [-0.25, -0.2) is 0 Å². The number of hydrogen-bond acceptors (Lipinski definition) is 2. The molecule has 0 aliphatic rings. The van der Waals surface area contributed by atoms with E-state index in [2.05, 4.69) is 24.4 Å². The molecular formula is C10H17NS. The first-order valence-corrected chi connectivity index (χ1v) is 5.51. The lowest BCUT2D eigenvalue weighted by atomic mass is 10.1. The Morgan fingerprint density at radius 3 is 2.92 bits per heavy atom. The minimum absolute atomic E-state index is 0.275. The van der Waals surface area contributed by atoms with Gasteiger partial charge in [0.15, 0.2) is 0 Å². The summed E-state index contributed by atoms with van der Waals surface area (Å²) in [5.74, 6) is 0. The molecule has 1 atom stereocenters. The number of rotatable bonds is 5. The van der Waals surface area contributed by atoms with E-state index in [1.165, 1.54) is 24.1 Å². The van der Waals surface area contributed by atoms with E-state index in [1.807, 2.05) is 0 Å². The quantitative estimate of drug-likeness (QED) is 0.696. The van der Waals surface area contributed by atoms with Gasteiger partial charge in [-0.3, -0.25) is 0 Å². The van der Waals surface area contributed by atoms with Crippen molar-refractivity contribution in [3.63, 3.8) is 0 Å². The van der Waals surface area contributed by atoms with Crippen molar-refractivity contribution in [2.45, 2.75) is 38.6 Å². The van der Waals surface area contributed by atoms with Crippen LogP contribution in [0.3, 0.4) is 0 Å². The summed E-state index contributed by atoms with van der Waals surface area (Å²) in [5.41, 5.74) is 5.99. The summed E-state index contributed by atoms with van der Waals surface area (Å²) in [4.78, 5) is 1.33. The van der Waals surface area contributed by atoms with E-state index in [4.69, 9.17) is 5.73 Å². The fourth-order valence-electron chi connectivity index (χ4n) is 1.26. The van der Waals surface area contributed by atoms with E-state index in [1.54, 1.807) is 11.3 Å². The van der Waals surface area contributed by atoms with Crippen LogP contribution < -0.4 is 5.73 Å².